The van der Waals surface area contributed by atoms with E-state index in [0.717, 1.165) is 30.7 Å². The van der Waals surface area contributed by atoms with Crippen LogP contribution in [0.25, 0.3) is 10.9 Å². The van der Waals surface area contributed by atoms with Crippen molar-refractivity contribution in [2.75, 3.05) is 6.54 Å². The molecule has 0 radical (unpaired) electrons. The van der Waals surface area contributed by atoms with Crippen LogP contribution < -0.4 is 5.32 Å². The zero-order valence-corrected chi connectivity index (χ0v) is 12.3. The number of aryl methyl sites for hydroxylation is 1. The molecule has 102 valence electrons. The largest absolute Gasteiger partial charge is 0.312 e. The van der Waals surface area contributed by atoms with E-state index in [1.807, 2.05) is 24.6 Å². The number of hydrogen-bond acceptors (Lipinski definition) is 4. The number of rotatable bonds is 5. The second-order valence-electron chi connectivity index (χ2n) is 4.79. The lowest BCUT2D eigenvalue weighted by molar-refractivity contribution is 0.687. The molecule has 0 spiro atoms. The number of thiazole rings is 1. The number of pyridine rings is 1. The Labute approximate surface area is 122 Å². The lowest BCUT2D eigenvalue weighted by Crippen LogP contribution is -2.17. The minimum atomic E-state index is 0.870. The summed E-state index contributed by atoms with van der Waals surface area (Å²) in [5, 5.41) is 7.95. The van der Waals surface area contributed by atoms with Gasteiger partial charge in [-0.25, -0.2) is 4.98 Å². The van der Waals surface area contributed by atoms with Crippen molar-refractivity contribution < 1.29 is 0 Å². The first-order valence-corrected chi connectivity index (χ1v) is 7.65. The fraction of sp³-hybridized carbons (Fsp3) is 0.250. The summed E-state index contributed by atoms with van der Waals surface area (Å²) in [7, 11) is 0. The summed E-state index contributed by atoms with van der Waals surface area (Å²) in [6.07, 6.45) is 2.85. The van der Waals surface area contributed by atoms with Crippen LogP contribution in [0.1, 0.15) is 16.3 Å². The Morgan fingerprint density at radius 3 is 3.00 bits per heavy atom. The number of nitrogens with zero attached hydrogens (tertiary/aromatic N) is 2. The van der Waals surface area contributed by atoms with E-state index in [1.165, 1.54) is 16.0 Å². The van der Waals surface area contributed by atoms with Gasteiger partial charge >= 0.3 is 0 Å². The van der Waals surface area contributed by atoms with E-state index < -0.39 is 0 Å². The number of hydrogen-bond donors (Lipinski definition) is 1. The molecule has 0 saturated carbocycles. The lowest BCUT2D eigenvalue weighted by Gasteiger charge is -2.09. The molecule has 1 aromatic carbocycles. The molecule has 0 aliphatic carbocycles. The number of benzene rings is 1. The molecule has 0 unspecified atom stereocenters. The van der Waals surface area contributed by atoms with Crippen molar-refractivity contribution in [3.8, 4) is 0 Å². The fourth-order valence-corrected chi connectivity index (χ4v) is 2.96. The van der Waals surface area contributed by atoms with Crippen molar-refractivity contribution in [1.82, 2.24) is 15.3 Å². The number of para-hydroxylation sites is 1. The molecule has 2 heterocycles. The number of nitrogens with one attached hydrogen (secondary N) is 1. The second kappa shape index (κ2) is 6.11. The van der Waals surface area contributed by atoms with Crippen LogP contribution in [-0.2, 0) is 13.0 Å². The molecular formula is C16H17N3S. The zero-order chi connectivity index (χ0) is 13.8. The van der Waals surface area contributed by atoms with E-state index in [9.17, 15) is 0 Å². The lowest BCUT2D eigenvalue weighted by atomic mass is 10.1. The molecule has 0 amide bonds. The highest BCUT2D eigenvalue weighted by atomic mass is 32.1. The Bertz CT molecular complexity index is 692. The van der Waals surface area contributed by atoms with Crippen molar-refractivity contribution in [3.63, 3.8) is 0 Å². The Morgan fingerprint density at radius 1 is 1.25 bits per heavy atom. The van der Waals surface area contributed by atoms with E-state index in [2.05, 4.69) is 39.6 Å². The van der Waals surface area contributed by atoms with Crippen molar-refractivity contribution in [2.45, 2.75) is 19.9 Å². The minimum Gasteiger partial charge on any atom is -0.312 e. The van der Waals surface area contributed by atoms with Crippen LogP contribution in [0.2, 0.25) is 0 Å². The Balaban J connectivity index is 1.68. The number of fused-ring (bicyclic) bond motifs is 1. The average molecular weight is 283 g/mol. The third kappa shape index (κ3) is 3.03. The zero-order valence-electron chi connectivity index (χ0n) is 11.5. The van der Waals surface area contributed by atoms with Gasteiger partial charge in [-0.1, -0.05) is 18.2 Å². The Kier molecular flexibility index (Phi) is 4.04. The molecule has 1 N–H and O–H groups in total. The smallest absolute Gasteiger partial charge is 0.0937 e. The quantitative estimate of drug-likeness (QED) is 0.730. The molecule has 0 fully saturated rings. The normalized spacial score (nSPS) is 11.1. The van der Waals surface area contributed by atoms with Gasteiger partial charge in [-0.05, 0) is 24.6 Å². The molecule has 20 heavy (non-hydrogen) atoms. The summed E-state index contributed by atoms with van der Waals surface area (Å²) in [5.74, 6) is 0. The van der Waals surface area contributed by atoms with E-state index >= 15 is 0 Å². The van der Waals surface area contributed by atoms with Crippen molar-refractivity contribution in [3.05, 3.63) is 58.2 Å². The van der Waals surface area contributed by atoms with Gasteiger partial charge in [0.25, 0.3) is 0 Å². The van der Waals surface area contributed by atoms with Crippen molar-refractivity contribution in [1.29, 1.82) is 0 Å². The minimum absolute atomic E-state index is 0.870. The van der Waals surface area contributed by atoms with E-state index in [0.29, 0.717) is 0 Å². The van der Waals surface area contributed by atoms with Crippen LogP contribution in [0.15, 0.2) is 41.9 Å². The van der Waals surface area contributed by atoms with Gasteiger partial charge in [0.05, 0.1) is 10.5 Å². The predicted molar refractivity (Wildman–Crippen MR) is 84.0 cm³/mol. The van der Waals surface area contributed by atoms with Gasteiger partial charge in [-0.2, -0.15) is 0 Å². The van der Waals surface area contributed by atoms with Crippen LogP contribution in [0.3, 0.4) is 0 Å². The standard InChI is InChI=1S/C16H17N3S/c1-12-10-13(14-4-2-3-5-15(14)19-12)11-17-7-6-16-18-8-9-20-16/h2-5,8-10,17H,6-7,11H2,1H3. The number of aromatic nitrogens is 2. The first kappa shape index (κ1) is 13.2. The molecule has 3 aromatic rings. The van der Waals surface area contributed by atoms with Crippen molar-refractivity contribution >= 4 is 22.2 Å². The van der Waals surface area contributed by atoms with Gasteiger partial charge < -0.3 is 5.32 Å². The third-order valence-corrected chi connectivity index (χ3v) is 4.08. The van der Waals surface area contributed by atoms with Crippen LogP contribution in [0.5, 0.6) is 0 Å². The van der Waals surface area contributed by atoms with Crippen LogP contribution in [0.4, 0.5) is 0 Å². The van der Waals surface area contributed by atoms with Gasteiger partial charge in [0.1, 0.15) is 0 Å². The molecule has 0 aliphatic rings. The molecule has 4 heteroatoms. The highest BCUT2D eigenvalue weighted by Gasteiger charge is 2.03. The molecule has 0 atom stereocenters. The summed E-state index contributed by atoms with van der Waals surface area (Å²) in [6, 6.07) is 10.5. The SMILES string of the molecule is Cc1cc(CNCCc2nccs2)c2ccccc2n1. The summed E-state index contributed by atoms with van der Waals surface area (Å²) < 4.78 is 0. The van der Waals surface area contributed by atoms with Gasteiger partial charge in [0.2, 0.25) is 0 Å². The van der Waals surface area contributed by atoms with Gasteiger partial charge in [-0.15, -0.1) is 11.3 Å². The Hall–Kier alpha value is -1.78. The molecule has 0 aliphatic heterocycles. The summed E-state index contributed by atoms with van der Waals surface area (Å²) in [4.78, 5) is 8.86. The highest BCUT2D eigenvalue weighted by Crippen LogP contribution is 2.17. The molecule has 3 nitrogen and oxygen atoms in total. The maximum atomic E-state index is 4.57. The second-order valence-corrected chi connectivity index (χ2v) is 5.77. The maximum Gasteiger partial charge on any atom is 0.0937 e. The van der Waals surface area contributed by atoms with Gasteiger partial charge in [0, 0.05) is 42.2 Å². The van der Waals surface area contributed by atoms with Crippen LogP contribution >= 0.6 is 11.3 Å². The summed E-state index contributed by atoms with van der Waals surface area (Å²) >= 11 is 1.71. The highest BCUT2D eigenvalue weighted by molar-refractivity contribution is 7.09. The van der Waals surface area contributed by atoms with E-state index in [4.69, 9.17) is 0 Å². The van der Waals surface area contributed by atoms with E-state index in [1.54, 1.807) is 11.3 Å². The van der Waals surface area contributed by atoms with Crippen LogP contribution in [-0.4, -0.2) is 16.5 Å². The van der Waals surface area contributed by atoms with Crippen LogP contribution in [0, 0.1) is 6.92 Å². The topological polar surface area (TPSA) is 37.8 Å². The molecule has 3 rings (SSSR count). The summed E-state index contributed by atoms with van der Waals surface area (Å²) in [6.45, 7) is 3.87. The average Bonchev–Trinajstić information content (AvgIpc) is 2.96. The fourth-order valence-electron chi connectivity index (χ4n) is 2.34. The predicted octanol–water partition coefficient (Wildman–Crippen LogP) is 3.33. The van der Waals surface area contributed by atoms with Gasteiger partial charge in [0.15, 0.2) is 0 Å². The molecule has 0 saturated heterocycles. The summed E-state index contributed by atoms with van der Waals surface area (Å²) in [5.41, 5.74) is 3.46. The van der Waals surface area contributed by atoms with Crippen molar-refractivity contribution in [2.24, 2.45) is 0 Å². The molecular weight excluding hydrogens is 266 g/mol. The van der Waals surface area contributed by atoms with Gasteiger partial charge in [-0.3, -0.25) is 4.98 Å². The maximum absolute atomic E-state index is 4.57. The first-order valence-electron chi connectivity index (χ1n) is 6.77. The monoisotopic (exact) mass is 283 g/mol. The third-order valence-electron chi connectivity index (χ3n) is 3.24. The Morgan fingerprint density at radius 2 is 2.15 bits per heavy atom. The first-order chi connectivity index (χ1) is 9.83. The molecule has 0 bridgehead atoms. The van der Waals surface area contributed by atoms with E-state index in [-0.39, 0.29) is 0 Å². The molecule has 2 aromatic heterocycles.